The molecule has 25 heavy (non-hydrogen) atoms. The van der Waals surface area contributed by atoms with Crippen LogP contribution in [0.2, 0.25) is 0 Å². The van der Waals surface area contributed by atoms with E-state index in [1.807, 2.05) is 19.9 Å². The van der Waals surface area contributed by atoms with E-state index in [9.17, 15) is 9.59 Å². The number of rotatable bonds is 16. The van der Waals surface area contributed by atoms with Crippen LogP contribution in [0.15, 0.2) is 11.6 Å². The van der Waals surface area contributed by atoms with Gasteiger partial charge in [0.15, 0.2) is 0 Å². The lowest BCUT2D eigenvalue weighted by Gasteiger charge is -2.05. The molecule has 0 heterocycles. The summed E-state index contributed by atoms with van der Waals surface area (Å²) in [6, 6.07) is 0. The molecule has 0 amide bonds. The Morgan fingerprint density at radius 3 is 1.80 bits per heavy atom. The van der Waals surface area contributed by atoms with E-state index in [2.05, 4.69) is 6.92 Å². The molecule has 0 radical (unpaired) electrons. The molecule has 0 unspecified atom stereocenters. The fourth-order valence-corrected chi connectivity index (χ4v) is 2.42. The van der Waals surface area contributed by atoms with Gasteiger partial charge in [-0.15, -0.1) is 0 Å². The van der Waals surface area contributed by atoms with E-state index in [1.165, 1.54) is 44.9 Å². The second kappa shape index (κ2) is 17.5. The van der Waals surface area contributed by atoms with Crippen LogP contribution in [0.25, 0.3) is 0 Å². The summed E-state index contributed by atoms with van der Waals surface area (Å²) in [6.45, 7) is 6.96. The molecular weight excluding hydrogens is 316 g/mol. The Kier molecular flexibility index (Phi) is 16.6. The lowest BCUT2D eigenvalue weighted by atomic mass is 10.1. The van der Waals surface area contributed by atoms with Crippen LogP contribution < -0.4 is 0 Å². The van der Waals surface area contributed by atoms with Gasteiger partial charge < -0.3 is 9.47 Å². The van der Waals surface area contributed by atoms with E-state index in [1.54, 1.807) is 0 Å². The average molecular weight is 355 g/mol. The zero-order valence-corrected chi connectivity index (χ0v) is 16.6. The minimum atomic E-state index is -0.260. The quantitative estimate of drug-likeness (QED) is 0.201. The van der Waals surface area contributed by atoms with Gasteiger partial charge >= 0.3 is 11.9 Å². The topological polar surface area (TPSA) is 52.6 Å². The molecule has 0 spiro atoms. The van der Waals surface area contributed by atoms with Crippen molar-refractivity contribution in [1.29, 1.82) is 0 Å². The molecule has 0 aromatic heterocycles. The van der Waals surface area contributed by atoms with E-state index in [0.29, 0.717) is 19.6 Å². The van der Waals surface area contributed by atoms with Crippen molar-refractivity contribution in [3.8, 4) is 0 Å². The highest BCUT2D eigenvalue weighted by Crippen LogP contribution is 2.09. The number of carbonyl (C=O) groups is 2. The zero-order chi connectivity index (χ0) is 18.8. The van der Waals surface area contributed by atoms with Gasteiger partial charge in [0.05, 0.1) is 6.61 Å². The highest BCUT2D eigenvalue weighted by Gasteiger charge is 2.06. The molecule has 4 nitrogen and oxygen atoms in total. The number of carbonyl (C=O) groups excluding carboxylic acids is 2. The maximum Gasteiger partial charge on any atom is 0.306 e. The van der Waals surface area contributed by atoms with Crippen LogP contribution in [0.5, 0.6) is 0 Å². The van der Waals surface area contributed by atoms with Crippen molar-refractivity contribution in [2.24, 2.45) is 0 Å². The molecule has 0 rings (SSSR count). The first kappa shape index (κ1) is 23.7. The van der Waals surface area contributed by atoms with E-state index in [4.69, 9.17) is 9.47 Å². The average Bonchev–Trinajstić information content (AvgIpc) is 2.56. The largest absolute Gasteiger partial charge is 0.466 e. The molecule has 0 aliphatic rings. The molecule has 0 atom stereocenters. The van der Waals surface area contributed by atoms with Crippen LogP contribution in [0.3, 0.4) is 0 Å². The fraction of sp³-hybridized carbons (Fsp3) is 0.810. The molecule has 0 aromatic carbocycles. The van der Waals surface area contributed by atoms with Crippen molar-refractivity contribution in [1.82, 2.24) is 0 Å². The minimum Gasteiger partial charge on any atom is -0.466 e. The Bertz CT molecular complexity index is 370. The third kappa shape index (κ3) is 18.9. The number of allylic oxidation sites excluding steroid dienone is 1. The summed E-state index contributed by atoms with van der Waals surface area (Å²) >= 11 is 0. The van der Waals surface area contributed by atoms with Gasteiger partial charge in [-0.05, 0) is 32.8 Å². The first-order valence-corrected chi connectivity index (χ1v) is 10.0. The summed E-state index contributed by atoms with van der Waals surface area (Å²) in [6.07, 6.45) is 14.1. The molecule has 146 valence electrons. The maximum atomic E-state index is 11.6. The van der Waals surface area contributed by atoms with Gasteiger partial charge in [0.1, 0.15) is 6.61 Å². The molecule has 0 fully saturated rings. The third-order valence-electron chi connectivity index (χ3n) is 4.01. The molecule has 4 heteroatoms. The molecule has 0 saturated carbocycles. The highest BCUT2D eigenvalue weighted by molar-refractivity contribution is 5.72. The fourth-order valence-electron chi connectivity index (χ4n) is 2.42. The summed E-state index contributed by atoms with van der Waals surface area (Å²) < 4.78 is 10.2. The van der Waals surface area contributed by atoms with Gasteiger partial charge in [0.2, 0.25) is 0 Å². The second-order valence-corrected chi connectivity index (χ2v) is 6.87. The highest BCUT2D eigenvalue weighted by atomic mass is 16.5. The number of hydrogen-bond acceptors (Lipinski definition) is 4. The molecule has 0 aliphatic heterocycles. The Labute approximate surface area is 154 Å². The van der Waals surface area contributed by atoms with Gasteiger partial charge in [0, 0.05) is 12.8 Å². The minimum absolute atomic E-state index is 0.211. The van der Waals surface area contributed by atoms with E-state index in [0.717, 1.165) is 18.4 Å². The standard InChI is InChI=1S/C21H38O4/c1-4-5-6-7-8-9-10-11-12-17-24-20(22)14-13-15-21(23)25-18-16-19(2)3/h16H,4-15,17-18H2,1-3H3. The molecular formula is C21H38O4. The molecule has 0 bridgehead atoms. The summed E-state index contributed by atoms with van der Waals surface area (Å²) in [4.78, 5) is 23.0. The SMILES string of the molecule is CCCCCCCCCCCOC(=O)CCCC(=O)OCC=C(C)C. The zero-order valence-electron chi connectivity index (χ0n) is 16.6. The van der Waals surface area contributed by atoms with Gasteiger partial charge in [-0.3, -0.25) is 9.59 Å². The number of unbranched alkanes of at least 4 members (excludes halogenated alkanes) is 8. The number of ether oxygens (including phenoxy) is 2. The van der Waals surface area contributed by atoms with E-state index >= 15 is 0 Å². The number of hydrogen-bond donors (Lipinski definition) is 0. The Morgan fingerprint density at radius 2 is 1.24 bits per heavy atom. The normalized spacial score (nSPS) is 10.4. The van der Waals surface area contributed by atoms with Crippen molar-refractivity contribution in [2.45, 2.75) is 97.8 Å². The predicted molar refractivity (Wildman–Crippen MR) is 102 cm³/mol. The Balaban J connectivity index is 3.36. The van der Waals surface area contributed by atoms with E-state index in [-0.39, 0.29) is 24.8 Å². The van der Waals surface area contributed by atoms with Crippen LogP contribution in [-0.4, -0.2) is 25.2 Å². The van der Waals surface area contributed by atoms with Crippen molar-refractivity contribution in [3.05, 3.63) is 11.6 Å². The van der Waals surface area contributed by atoms with Gasteiger partial charge in [-0.25, -0.2) is 0 Å². The van der Waals surface area contributed by atoms with Crippen LogP contribution in [0.1, 0.15) is 97.8 Å². The van der Waals surface area contributed by atoms with Gasteiger partial charge in [-0.2, -0.15) is 0 Å². The molecule has 0 N–H and O–H groups in total. The summed E-state index contributed by atoms with van der Waals surface area (Å²) in [7, 11) is 0. The monoisotopic (exact) mass is 354 g/mol. The van der Waals surface area contributed by atoms with Crippen molar-refractivity contribution < 1.29 is 19.1 Å². The first-order valence-electron chi connectivity index (χ1n) is 10.0. The first-order chi connectivity index (χ1) is 12.1. The van der Waals surface area contributed by atoms with Crippen molar-refractivity contribution in [2.75, 3.05) is 13.2 Å². The molecule has 0 saturated heterocycles. The molecule has 0 aliphatic carbocycles. The number of esters is 2. The van der Waals surface area contributed by atoms with E-state index < -0.39 is 0 Å². The van der Waals surface area contributed by atoms with Crippen LogP contribution in [0.4, 0.5) is 0 Å². The Morgan fingerprint density at radius 1 is 0.720 bits per heavy atom. The lowest BCUT2D eigenvalue weighted by Crippen LogP contribution is -2.09. The van der Waals surface area contributed by atoms with Crippen LogP contribution in [0, 0.1) is 0 Å². The van der Waals surface area contributed by atoms with Crippen LogP contribution in [-0.2, 0) is 19.1 Å². The third-order valence-corrected chi connectivity index (χ3v) is 4.01. The second-order valence-electron chi connectivity index (χ2n) is 6.87. The summed E-state index contributed by atoms with van der Waals surface area (Å²) in [5.41, 5.74) is 1.12. The smallest absolute Gasteiger partial charge is 0.306 e. The van der Waals surface area contributed by atoms with Crippen LogP contribution >= 0.6 is 0 Å². The predicted octanol–water partition coefficient (Wildman–Crippen LogP) is 5.74. The van der Waals surface area contributed by atoms with Gasteiger partial charge in [0.25, 0.3) is 0 Å². The van der Waals surface area contributed by atoms with Gasteiger partial charge in [-0.1, -0.05) is 63.9 Å². The summed E-state index contributed by atoms with van der Waals surface area (Å²) in [5.74, 6) is -0.471. The maximum absolute atomic E-state index is 11.6. The lowest BCUT2D eigenvalue weighted by molar-refractivity contribution is -0.145. The van der Waals surface area contributed by atoms with Crippen molar-refractivity contribution >= 4 is 11.9 Å². The van der Waals surface area contributed by atoms with Crippen molar-refractivity contribution in [3.63, 3.8) is 0 Å². The Hall–Kier alpha value is -1.32. The molecule has 0 aromatic rings. The summed E-state index contributed by atoms with van der Waals surface area (Å²) in [5, 5.41) is 0.